The summed E-state index contributed by atoms with van der Waals surface area (Å²) in [5, 5.41) is 2.67. The van der Waals surface area contributed by atoms with E-state index < -0.39 is 20.8 Å². The molecule has 0 radical (unpaired) electrons. The normalized spacial score (nSPS) is 10.6. The molecule has 142 valence electrons. The molecule has 0 aliphatic carbocycles. The molecule has 4 aromatic rings. The zero-order valence-electron chi connectivity index (χ0n) is 16.3. The number of hydrogen-bond acceptors (Lipinski definition) is 0. The van der Waals surface area contributed by atoms with Gasteiger partial charge >= 0.3 is 37.9 Å². The minimum absolute atomic E-state index is 0.509. The fourth-order valence-corrected chi connectivity index (χ4v) is 3.77. The molecule has 0 unspecified atom stereocenters. The Morgan fingerprint density at radius 1 is 0.857 bits per heavy atom. The predicted octanol–water partition coefficient (Wildman–Crippen LogP) is 8.70. The first kappa shape index (κ1) is 21.4. The van der Waals surface area contributed by atoms with Crippen molar-refractivity contribution in [2.24, 2.45) is 0 Å². The molecule has 0 atom stereocenters. The Hall–Kier alpha value is -1.27. The zero-order valence-corrected chi connectivity index (χ0v) is 20.3. The van der Waals surface area contributed by atoms with E-state index in [0.717, 1.165) is 0 Å². The van der Waals surface area contributed by atoms with E-state index in [9.17, 15) is 0 Å². The molecule has 0 aliphatic heterocycles. The van der Waals surface area contributed by atoms with Crippen molar-refractivity contribution in [1.82, 2.24) is 0 Å². The van der Waals surface area contributed by atoms with E-state index in [2.05, 4.69) is 99.6 Å². The average Bonchev–Trinajstić information content (AvgIpc) is 3.13. The summed E-state index contributed by atoms with van der Waals surface area (Å²) in [7, 11) is 9.87. The van der Waals surface area contributed by atoms with E-state index in [1.54, 1.807) is 0 Å². The molecule has 0 fully saturated rings. The van der Waals surface area contributed by atoms with Gasteiger partial charge in [-0.25, -0.2) is 0 Å². The van der Waals surface area contributed by atoms with Gasteiger partial charge in [-0.1, -0.05) is 85.6 Å². The van der Waals surface area contributed by atoms with Crippen molar-refractivity contribution in [1.29, 1.82) is 0 Å². The Kier molecular flexibility index (Phi) is 7.64. The van der Waals surface area contributed by atoms with Gasteiger partial charge in [-0.05, 0) is 29.5 Å². The van der Waals surface area contributed by atoms with Crippen molar-refractivity contribution >= 4 is 27.8 Å². The van der Waals surface area contributed by atoms with Crippen LogP contribution < -0.4 is 0 Å². The van der Waals surface area contributed by atoms with E-state index in [1.165, 1.54) is 44.2 Å². The number of benzene rings is 3. The second kappa shape index (κ2) is 9.97. The van der Waals surface area contributed by atoms with Crippen LogP contribution in [0.4, 0.5) is 0 Å². The number of halogens is 2. The summed E-state index contributed by atoms with van der Waals surface area (Å²) < 4.78 is 0. The van der Waals surface area contributed by atoms with Crippen molar-refractivity contribution in [3.63, 3.8) is 0 Å². The maximum absolute atomic E-state index is 4.93. The third-order valence-corrected chi connectivity index (χ3v) is 5.06. The van der Waals surface area contributed by atoms with Crippen molar-refractivity contribution in [3.05, 3.63) is 90.0 Å². The summed E-state index contributed by atoms with van der Waals surface area (Å²) in [4.78, 5) is 0. The summed E-state index contributed by atoms with van der Waals surface area (Å²) >= 11 is -0.826. The topological polar surface area (TPSA) is 0 Å². The van der Waals surface area contributed by atoms with Gasteiger partial charge in [-0.15, -0.1) is 34.5 Å². The molecule has 0 aromatic heterocycles. The van der Waals surface area contributed by atoms with Crippen molar-refractivity contribution in [3.8, 4) is 22.3 Å². The first-order valence-corrected chi connectivity index (χ1v) is 15.7. The van der Waals surface area contributed by atoms with Crippen LogP contribution in [0.15, 0.2) is 78.9 Å². The fourth-order valence-electron chi connectivity index (χ4n) is 3.77. The van der Waals surface area contributed by atoms with Crippen molar-refractivity contribution in [2.45, 2.75) is 26.7 Å². The second-order valence-corrected chi connectivity index (χ2v) is 10.9. The Morgan fingerprint density at radius 2 is 1.50 bits per heavy atom. The SMILES string of the molecule is Cc1ccc2[cH-]c(-c3ccccc3)cc2c1-c1ccccc1C(C)C.[Cl][Zr][Cl]. The summed E-state index contributed by atoms with van der Waals surface area (Å²) in [6.07, 6.45) is 0. The molecule has 28 heavy (non-hydrogen) atoms. The molecular formula is C25H23Cl2Zr-. The summed E-state index contributed by atoms with van der Waals surface area (Å²) in [5.74, 6) is 0.509. The number of hydrogen-bond donors (Lipinski definition) is 0. The third kappa shape index (κ3) is 4.65. The van der Waals surface area contributed by atoms with Crippen LogP contribution in [0.3, 0.4) is 0 Å². The molecule has 0 aliphatic rings. The van der Waals surface area contributed by atoms with Gasteiger partial charge in [0.1, 0.15) is 0 Å². The quantitative estimate of drug-likeness (QED) is 0.255. The zero-order chi connectivity index (χ0) is 20.1. The van der Waals surface area contributed by atoms with Gasteiger partial charge in [0.05, 0.1) is 0 Å². The van der Waals surface area contributed by atoms with Crippen LogP contribution in [0.1, 0.15) is 30.9 Å². The molecule has 0 N–H and O–H groups in total. The van der Waals surface area contributed by atoms with Gasteiger partial charge in [0.2, 0.25) is 0 Å². The molecule has 0 saturated heterocycles. The first-order valence-electron chi connectivity index (χ1n) is 9.37. The summed E-state index contributed by atoms with van der Waals surface area (Å²) in [5.41, 5.74) is 8.07. The molecule has 0 saturated carbocycles. The molecule has 0 amide bonds. The number of rotatable bonds is 3. The van der Waals surface area contributed by atoms with E-state index >= 15 is 0 Å². The van der Waals surface area contributed by atoms with Crippen LogP contribution in [0.25, 0.3) is 33.0 Å². The van der Waals surface area contributed by atoms with Crippen LogP contribution in [-0.2, 0) is 20.8 Å². The van der Waals surface area contributed by atoms with Crippen molar-refractivity contribution in [2.75, 3.05) is 0 Å². The molecule has 0 spiro atoms. The van der Waals surface area contributed by atoms with E-state index in [-0.39, 0.29) is 0 Å². The Labute approximate surface area is 186 Å². The van der Waals surface area contributed by atoms with Crippen LogP contribution >= 0.6 is 17.0 Å². The second-order valence-electron chi connectivity index (χ2n) is 7.18. The number of aryl methyl sites for hydroxylation is 1. The van der Waals surface area contributed by atoms with Crippen LogP contribution in [0.2, 0.25) is 0 Å². The summed E-state index contributed by atoms with van der Waals surface area (Å²) in [6.45, 7) is 6.77. The Balaban J connectivity index is 0.000000706. The predicted molar refractivity (Wildman–Crippen MR) is 121 cm³/mol. The standard InChI is InChI=1S/C25H23.2ClH.Zr/c1-17(2)22-11-7-8-12-23(22)25-18(3)13-14-20-15-21(16-24(20)25)19-9-5-4-6-10-19;;;/h4-17H,1-3H3;2*1H;/q-1;;;+2/p-2. The molecule has 0 nitrogen and oxygen atoms in total. The molecule has 4 aromatic carbocycles. The average molecular weight is 486 g/mol. The van der Waals surface area contributed by atoms with E-state index in [4.69, 9.17) is 17.0 Å². The maximum atomic E-state index is 4.93. The van der Waals surface area contributed by atoms with Crippen LogP contribution in [0, 0.1) is 6.92 Å². The van der Waals surface area contributed by atoms with Crippen molar-refractivity contribution < 1.29 is 20.8 Å². The summed E-state index contributed by atoms with van der Waals surface area (Å²) in [6, 6.07) is 28.6. The molecule has 0 bridgehead atoms. The van der Waals surface area contributed by atoms with Gasteiger partial charge in [-0.3, -0.25) is 0 Å². The van der Waals surface area contributed by atoms with Gasteiger partial charge in [-0.2, -0.15) is 0 Å². The van der Waals surface area contributed by atoms with Gasteiger partial charge in [0, 0.05) is 0 Å². The van der Waals surface area contributed by atoms with Gasteiger partial charge in [0.25, 0.3) is 0 Å². The number of fused-ring (bicyclic) bond motifs is 1. The molecule has 3 heteroatoms. The Bertz CT molecular complexity index is 1050. The van der Waals surface area contributed by atoms with Crippen LogP contribution in [-0.4, -0.2) is 0 Å². The van der Waals surface area contributed by atoms with E-state index in [1.807, 2.05) is 0 Å². The monoisotopic (exact) mass is 483 g/mol. The third-order valence-electron chi connectivity index (χ3n) is 5.06. The van der Waals surface area contributed by atoms with Crippen LogP contribution in [0.5, 0.6) is 0 Å². The van der Waals surface area contributed by atoms with Gasteiger partial charge < -0.3 is 0 Å². The Morgan fingerprint density at radius 3 is 2.18 bits per heavy atom. The minimum atomic E-state index is -0.826. The molecular weight excluding hydrogens is 462 g/mol. The fraction of sp³-hybridized carbons (Fsp3) is 0.160. The first-order chi connectivity index (χ1) is 13.6. The van der Waals surface area contributed by atoms with Gasteiger partial charge in [0.15, 0.2) is 0 Å². The molecule has 4 rings (SSSR count). The molecule has 0 heterocycles. The van der Waals surface area contributed by atoms with E-state index in [0.29, 0.717) is 5.92 Å².